The van der Waals surface area contributed by atoms with Gasteiger partial charge in [0.2, 0.25) is 0 Å². The van der Waals surface area contributed by atoms with Crippen molar-refractivity contribution in [1.29, 1.82) is 0 Å². The standard InChI is InChI=1S/C14H24N2O/c1-3-4-11-17-12-7-10-15-13(2)14-8-5-6-9-16-14/h5-6,8-9,13,15H,3-4,7,10-12H2,1-2H3. The highest BCUT2D eigenvalue weighted by Crippen LogP contribution is 2.07. The normalized spacial score (nSPS) is 12.6. The number of hydrogen-bond acceptors (Lipinski definition) is 3. The first kappa shape index (κ1) is 14.1. The zero-order valence-electron chi connectivity index (χ0n) is 11.0. The number of hydrogen-bond donors (Lipinski definition) is 1. The highest BCUT2D eigenvalue weighted by atomic mass is 16.5. The SMILES string of the molecule is CCCCOCCCNC(C)c1ccccn1. The monoisotopic (exact) mass is 236 g/mol. The maximum absolute atomic E-state index is 5.51. The third kappa shape index (κ3) is 6.39. The molecule has 0 saturated carbocycles. The van der Waals surface area contributed by atoms with Gasteiger partial charge < -0.3 is 10.1 Å². The van der Waals surface area contributed by atoms with E-state index >= 15 is 0 Å². The van der Waals surface area contributed by atoms with Crippen molar-refractivity contribution in [2.45, 2.75) is 39.2 Å². The molecule has 0 aromatic carbocycles. The summed E-state index contributed by atoms with van der Waals surface area (Å²) in [6.45, 7) is 7.04. The van der Waals surface area contributed by atoms with Crippen molar-refractivity contribution in [3.05, 3.63) is 30.1 Å². The van der Waals surface area contributed by atoms with Crippen molar-refractivity contribution in [2.24, 2.45) is 0 Å². The quantitative estimate of drug-likeness (QED) is 0.669. The molecule has 17 heavy (non-hydrogen) atoms. The molecule has 0 saturated heterocycles. The molecule has 0 bridgehead atoms. The maximum atomic E-state index is 5.51. The Kier molecular flexibility index (Phi) is 7.60. The first-order valence-electron chi connectivity index (χ1n) is 6.56. The first-order valence-corrected chi connectivity index (χ1v) is 6.56. The molecule has 0 amide bonds. The van der Waals surface area contributed by atoms with Crippen LogP contribution in [0.2, 0.25) is 0 Å². The minimum absolute atomic E-state index is 0.312. The van der Waals surface area contributed by atoms with Crippen LogP contribution >= 0.6 is 0 Å². The fraction of sp³-hybridized carbons (Fsp3) is 0.643. The molecule has 0 aliphatic rings. The highest BCUT2D eigenvalue weighted by Gasteiger charge is 2.03. The van der Waals surface area contributed by atoms with Crippen LogP contribution in [-0.2, 0) is 4.74 Å². The average molecular weight is 236 g/mol. The third-order valence-corrected chi connectivity index (χ3v) is 2.69. The highest BCUT2D eigenvalue weighted by molar-refractivity contribution is 5.07. The van der Waals surface area contributed by atoms with E-state index in [0.717, 1.165) is 38.3 Å². The molecule has 1 rings (SSSR count). The summed E-state index contributed by atoms with van der Waals surface area (Å²) in [5.41, 5.74) is 1.10. The predicted molar refractivity (Wildman–Crippen MR) is 71.0 cm³/mol. The van der Waals surface area contributed by atoms with E-state index in [-0.39, 0.29) is 0 Å². The number of pyridine rings is 1. The number of nitrogens with one attached hydrogen (secondary N) is 1. The minimum Gasteiger partial charge on any atom is -0.381 e. The van der Waals surface area contributed by atoms with Gasteiger partial charge >= 0.3 is 0 Å². The average Bonchev–Trinajstić information content (AvgIpc) is 2.38. The topological polar surface area (TPSA) is 34.1 Å². The fourth-order valence-electron chi connectivity index (χ4n) is 1.58. The van der Waals surface area contributed by atoms with Gasteiger partial charge in [0.1, 0.15) is 0 Å². The van der Waals surface area contributed by atoms with E-state index in [0.29, 0.717) is 6.04 Å². The van der Waals surface area contributed by atoms with Gasteiger partial charge in [0.15, 0.2) is 0 Å². The Bertz CT molecular complexity index is 277. The summed E-state index contributed by atoms with van der Waals surface area (Å²) in [6, 6.07) is 6.33. The van der Waals surface area contributed by atoms with Crippen molar-refractivity contribution in [2.75, 3.05) is 19.8 Å². The van der Waals surface area contributed by atoms with Gasteiger partial charge in [-0.05, 0) is 38.4 Å². The van der Waals surface area contributed by atoms with E-state index < -0.39 is 0 Å². The van der Waals surface area contributed by atoms with Crippen LogP contribution in [0.1, 0.15) is 44.8 Å². The summed E-state index contributed by atoms with van der Waals surface area (Å²) < 4.78 is 5.51. The van der Waals surface area contributed by atoms with Crippen LogP contribution < -0.4 is 5.32 Å². The van der Waals surface area contributed by atoms with E-state index in [1.807, 2.05) is 18.3 Å². The van der Waals surface area contributed by atoms with E-state index in [9.17, 15) is 0 Å². The molecule has 1 heterocycles. The second-order valence-corrected chi connectivity index (χ2v) is 4.25. The Morgan fingerprint density at radius 3 is 2.82 bits per heavy atom. The van der Waals surface area contributed by atoms with E-state index in [2.05, 4.69) is 30.2 Å². The summed E-state index contributed by atoms with van der Waals surface area (Å²) in [5.74, 6) is 0. The molecule has 3 nitrogen and oxygen atoms in total. The van der Waals surface area contributed by atoms with Crippen molar-refractivity contribution >= 4 is 0 Å². The lowest BCUT2D eigenvalue weighted by Crippen LogP contribution is -2.21. The number of ether oxygens (including phenoxy) is 1. The van der Waals surface area contributed by atoms with Crippen molar-refractivity contribution in [1.82, 2.24) is 10.3 Å². The van der Waals surface area contributed by atoms with Crippen LogP contribution in [0.4, 0.5) is 0 Å². The minimum atomic E-state index is 0.312. The van der Waals surface area contributed by atoms with Gasteiger partial charge in [-0.25, -0.2) is 0 Å². The van der Waals surface area contributed by atoms with Crippen LogP contribution in [-0.4, -0.2) is 24.7 Å². The predicted octanol–water partition coefficient (Wildman–Crippen LogP) is 2.94. The molecule has 1 aromatic rings. The molecule has 1 atom stereocenters. The van der Waals surface area contributed by atoms with Crippen LogP contribution in [0.3, 0.4) is 0 Å². The fourth-order valence-corrected chi connectivity index (χ4v) is 1.58. The van der Waals surface area contributed by atoms with Gasteiger partial charge in [-0.1, -0.05) is 19.4 Å². The molecule has 1 N–H and O–H groups in total. The first-order chi connectivity index (χ1) is 8.34. The number of nitrogens with zero attached hydrogens (tertiary/aromatic N) is 1. The molecule has 0 radical (unpaired) electrons. The molecular weight excluding hydrogens is 212 g/mol. The molecule has 96 valence electrons. The second kappa shape index (κ2) is 9.14. The lowest BCUT2D eigenvalue weighted by molar-refractivity contribution is 0.128. The Balaban J connectivity index is 2.03. The summed E-state index contributed by atoms with van der Waals surface area (Å²) in [5, 5.41) is 3.45. The Labute approximate surface area is 105 Å². The van der Waals surface area contributed by atoms with Crippen molar-refractivity contribution < 1.29 is 4.74 Å². The molecule has 1 unspecified atom stereocenters. The van der Waals surface area contributed by atoms with Gasteiger partial charge in [-0.2, -0.15) is 0 Å². The van der Waals surface area contributed by atoms with Crippen LogP contribution in [0.5, 0.6) is 0 Å². The van der Waals surface area contributed by atoms with Crippen LogP contribution in [0.25, 0.3) is 0 Å². The molecule has 0 aliphatic heterocycles. The van der Waals surface area contributed by atoms with E-state index in [4.69, 9.17) is 4.74 Å². The Hall–Kier alpha value is -0.930. The van der Waals surface area contributed by atoms with Gasteiger partial charge in [0, 0.05) is 25.5 Å². The zero-order valence-corrected chi connectivity index (χ0v) is 11.0. The summed E-state index contributed by atoms with van der Waals surface area (Å²) in [7, 11) is 0. The van der Waals surface area contributed by atoms with E-state index in [1.165, 1.54) is 6.42 Å². The Morgan fingerprint density at radius 2 is 2.12 bits per heavy atom. The largest absolute Gasteiger partial charge is 0.381 e. The zero-order chi connectivity index (χ0) is 12.3. The number of aromatic nitrogens is 1. The summed E-state index contributed by atoms with van der Waals surface area (Å²) >= 11 is 0. The summed E-state index contributed by atoms with van der Waals surface area (Å²) in [6.07, 6.45) is 5.26. The number of rotatable bonds is 9. The maximum Gasteiger partial charge on any atom is 0.0570 e. The van der Waals surface area contributed by atoms with Crippen LogP contribution in [0, 0.1) is 0 Å². The number of unbranched alkanes of at least 4 members (excludes halogenated alkanes) is 1. The van der Waals surface area contributed by atoms with Crippen molar-refractivity contribution in [3.8, 4) is 0 Å². The van der Waals surface area contributed by atoms with Gasteiger partial charge in [-0.15, -0.1) is 0 Å². The van der Waals surface area contributed by atoms with Crippen LogP contribution in [0.15, 0.2) is 24.4 Å². The molecule has 0 aliphatic carbocycles. The Morgan fingerprint density at radius 1 is 1.29 bits per heavy atom. The second-order valence-electron chi connectivity index (χ2n) is 4.25. The molecule has 1 aromatic heterocycles. The smallest absolute Gasteiger partial charge is 0.0570 e. The third-order valence-electron chi connectivity index (χ3n) is 2.69. The summed E-state index contributed by atoms with van der Waals surface area (Å²) in [4.78, 5) is 4.32. The van der Waals surface area contributed by atoms with Gasteiger partial charge in [0.05, 0.1) is 5.69 Å². The lowest BCUT2D eigenvalue weighted by Gasteiger charge is -2.12. The molecule has 0 fully saturated rings. The molecule has 0 spiro atoms. The van der Waals surface area contributed by atoms with Crippen molar-refractivity contribution in [3.63, 3.8) is 0 Å². The van der Waals surface area contributed by atoms with Gasteiger partial charge in [-0.3, -0.25) is 4.98 Å². The molecule has 3 heteroatoms. The molecular formula is C14H24N2O. The van der Waals surface area contributed by atoms with E-state index in [1.54, 1.807) is 0 Å². The lowest BCUT2D eigenvalue weighted by atomic mass is 10.2. The van der Waals surface area contributed by atoms with Gasteiger partial charge in [0.25, 0.3) is 0 Å².